The van der Waals surface area contributed by atoms with Crippen molar-refractivity contribution in [3.63, 3.8) is 0 Å². The summed E-state index contributed by atoms with van der Waals surface area (Å²) in [5.74, 6) is -0.393. The van der Waals surface area contributed by atoms with Crippen molar-refractivity contribution in [2.45, 2.75) is 25.4 Å². The lowest BCUT2D eigenvalue weighted by Crippen LogP contribution is -2.44. The Morgan fingerprint density at radius 3 is 3.21 bits per heavy atom. The van der Waals surface area contributed by atoms with E-state index in [1.54, 1.807) is 0 Å². The standard InChI is InChI=1S/C12H15N3O4/c16-11-8-2-1-3-15(10(8)5-13-11)6-7-4-9(12(17)18)14-19-7/h4,8,10H,1-3,5-6H2,(H,13,16)(H,17,18). The number of piperidine rings is 1. The number of rotatable bonds is 3. The van der Waals surface area contributed by atoms with Gasteiger partial charge in [-0.25, -0.2) is 4.79 Å². The van der Waals surface area contributed by atoms with E-state index in [0.29, 0.717) is 18.8 Å². The average molecular weight is 265 g/mol. The molecule has 2 unspecified atom stereocenters. The van der Waals surface area contributed by atoms with Gasteiger partial charge in [0.05, 0.1) is 12.5 Å². The number of likely N-dealkylation sites (tertiary alicyclic amines) is 1. The first kappa shape index (κ1) is 12.2. The van der Waals surface area contributed by atoms with Crippen molar-refractivity contribution in [3.8, 4) is 0 Å². The SMILES string of the molecule is O=C(O)c1cc(CN2CCCC3C(=O)NCC32)on1. The van der Waals surface area contributed by atoms with Crippen molar-refractivity contribution >= 4 is 11.9 Å². The van der Waals surface area contributed by atoms with E-state index in [0.717, 1.165) is 19.4 Å². The lowest BCUT2D eigenvalue weighted by molar-refractivity contribution is -0.124. The minimum Gasteiger partial charge on any atom is -0.476 e. The van der Waals surface area contributed by atoms with Crippen LogP contribution in [0.1, 0.15) is 29.1 Å². The van der Waals surface area contributed by atoms with Crippen LogP contribution >= 0.6 is 0 Å². The topological polar surface area (TPSA) is 95.7 Å². The zero-order valence-corrected chi connectivity index (χ0v) is 10.3. The fraction of sp³-hybridized carbons (Fsp3) is 0.583. The molecule has 2 aliphatic heterocycles. The smallest absolute Gasteiger partial charge is 0.358 e. The number of aromatic nitrogens is 1. The minimum absolute atomic E-state index is 0.0515. The molecular formula is C12H15N3O4. The summed E-state index contributed by atoms with van der Waals surface area (Å²) in [5.41, 5.74) is -0.0795. The number of fused-ring (bicyclic) bond motifs is 1. The maximum atomic E-state index is 11.6. The molecule has 0 bridgehead atoms. The van der Waals surface area contributed by atoms with E-state index in [4.69, 9.17) is 9.63 Å². The van der Waals surface area contributed by atoms with Crippen LogP contribution in [0.15, 0.2) is 10.6 Å². The monoisotopic (exact) mass is 265 g/mol. The number of aromatic carboxylic acids is 1. The summed E-state index contributed by atoms with van der Waals surface area (Å²) in [6.45, 7) is 2.04. The van der Waals surface area contributed by atoms with Crippen molar-refractivity contribution in [2.24, 2.45) is 5.92 Å². The van der Waals surface area contributed by atoms with Crippen LogP contribution in [0, 0.1) is 5.92 Å². The minimum atomic E-state index is -1.09. The van der Waals surface area contributed by atoms with Crippen molar-refractivity contribution in [3.05, 3.63) is 17.5 Å². The number of carbonyl (C=O) groups excluding carboxylic acids is 1. The largest absolute Gasteiger partial charge is 0.476 e. The van der Waals surface area contributed by atoms with E-state index < -0.39 is 5.97 Å². The van der Waals surface area contributed by atoms with E-state index in [1.807, 2.05) is 0 Å². The van der Waals surface area contributed by atoms with Gasteiger partial charge in [0.25, 0.3) is 0 Å². The number of carboxylic acids is 1. The predicted octanol–water partition coefficient (Wildman–Crippen LogP) is 0.0832. The van der Waals surface area contributed by atoms with E-state index in [9.17, 15) is 9.59 Å². The van der Waals surface area contributed by atoms with Crippen molar-refractivity contribution in [2.75, 3.05) is 13.1 Å². The average Bonchev–Trinajstić information content (AvgIpc) is 2.98. The lowest BCUT2D eigenvalue weighted by atomic mass is 9.91. The van der Waals surface area contributed by atoms with Crippen LogP contribution in [0.2, 0.25) is 0 Å². The highest BCUT2D eigenvalue weighted by Gasteiger charge is 2.40. The van der Waals surface area contributed by atoms with Crippen LogP contribution in [0.25, 0.3) is 0 Å². The van der Waals surface area contributed by atoms with Gasteiger partial charge in [0.1, 0.15) is 0 Å². The number of nitrogens with one attached hydrogen (secondary N) is 1. The van der Waals surface area contributed by atoms with E-state index in [-0.39, 0.29) is 23.6 Å². The second-order valence-electron chi connectivity index (χ2n) is 5.02. The number of nitrogens with zero attached hydrogens (tertiary/aromatic N) is 2. The summed E-state index contributed by atoms with van der Waals surface area (Å²) in [6, 6.07) is 1.62. The molecular weight excluding hydrogens is 250 g/mol. The third-order valence-corrected chi connectivity index (χ3v) is 3.85. The summed E-state index contributed by atoms with van der Waals surface area (Å²) in [5, 5.41) is 15.2. The second-order valence-corrected chi connectivity index (χ2v) is 5.02. The first-order valence-corrected chi connectivity index (χ1v) is 6.36. The molecule has 0 spiro atoms. The molecule has 3 rings (SSSR count). The number of hydrogen-bond acceptors (Lipinski definition) is 5. The molecule has 3 heterocycles. The Bertz CT molecular complexity index is 513. The van der Waals surface area contributed by atoms with Crippen LogP contribution in [0.5, 0.6) is 0 Å². The Kier molecular flexibility index (Phi) is 2.98. The van der Waals surface area contributed by atoms with Gasteiger partial charge in [-0.15, -0.1) is 0 Å². The van der Waals surface area contributed by atoms with Gasteiger partial charge >= 0.3 is 5.97 Å². The molecule has 0 aromatic carbocycles. The summed E-state index contributed by atoms with van der Waals surface area (Å²) < 4.78 is 5.03. The van der Waals surface area contributed by atoms with Gasteiger partial charge in [0, 0.05) is 18.7 Å². The molecule has 102 valence electrons. The molecule has 7 nitrogen and oxygen atoms in total. The van der Waals surface area contributed by atoms with Crippen molar-refractivity contribution < 1.29 is 19.2 Å². The quantitative estimate of drug-likeness (QED) is 0.803. The highest BCUT2D eigenvalue weighted by Crippen LogP contribution is 2.28. The summed E-state index contributed by atoms with van der Waals surface area (Å²) in [6.07, 6.45) is 1.89. The van der Waals surface area contributed by atoms with Gasteiger partial charge in [0.2, 0.25) is 5.91 Å². The Morgan fingerprint density at radius 1 is 1.63 bits per heavy atom. The van der Waals surface area contributed by atoms with Gasteiger partial charge in [-0.3, -0.25) is 9.69 Å². The summed E-state index contributed by atoms with van der Waals surface area (Å²) in [7, 11) is 0. The van der Waals surface area contributed by atoms with Crippen molar-refractivity contribution in [1.29, 1.82) is 0 Å². The van der Waals surface area contributed by atoms with Crippen LogP contribution in [-0.2, 0) is 11.3 Å². The van der Waals surface area contributed by atoms with E-state index in [1.165, 1.54) is 6.07 Å². The molecule has 7 heteroatoms. The number of amides is 1. The first-order chi connectivity index (χ1) is 9.15. The van der Waals surface area contributed by atoms with Gasteiger partial charge in [-0.2, -0.15) is 0 Å². The van der Waals surface area contributed by atoms with E-state index >= 15 is 0 Å². The Hall–Kier alpha value is -1.89. The number of carboxylic acid groups (broad SMARTS) is 1. The number of hydrogen-bond donors (Lipinski definition) is 2. The molecule has 0 aliphatic carbocycles. The maximum Gasteiger partial charge on any atom is 0.358 e. The Balaban J connectivity index is 1.71. The Morgan fingerprint density at radius 2 is 2.47 bits per heavy atom. The van der Waals surface area contributed by atoms with Crippen LogP contribution in [0.4, 0.5) is 0 Å². The highest BCUT2D eigenvalue weighted by atomic mass is 16.5. The van der Waals surface area contributed by atoms with Crippen LogP contribution < -0.4 is 5.32 Å². The van der Waals surface area contributed by atoms with Gasteiger partial charge in [0.15, 0.2) is 11.5 Å². The first-order valence-electron chi connectivity index (χ1n) is 6.36. The Labute approximate surface area is 109 Å². The molecule has 1 amide bonds. The zero-order valence-electron chi connectivity index (χ0n) is 10.3. The van der Waals surface area contributed by atoms with Crippen LogP contribution in [0.3, 0.4) is 0 Å². The normalized spacial score (nSPS) is 27.1. The fourth-order valence-electron chi connectivity index (χ4n) is 2.93. The van der Waals surface area contributed by atoms with Crippen LogP contribution in [-0.4, -0.2) is 46.2 Å². The molecule has 19 heavy (non-hydrogen) atoms. The van der Waals surface area contributed by atoms with Gasteiger partial charge < -0.3 is 14.9 Å². The second kappa shape index (κ2) is 4.65. The highest BCUT2D eigenvalue weighted by molar-refractivity contribution is 5.85. The molecule has 0 radical (unpaired) electrons. The molecule has 2 atom stereocenters. The summed E-state index contributed by atoms with van der Waals surface area (Å²) >= 11 is 0. The van der Waals surface area contributed by atoms with E-state index in [2.05, 4.69) is 15.4 Å². The van der Waals surface area contributed by atoms with Gasteiger partial charge in [-0.05, 0) is 19.4 Å². The molecule has 2 aliphatic rings. The molecule has 1 aromatic rings. The predicted molar refractivity (Wildman–Crippen MR) is 63.4 cm³/mol. The molecule has 2 N–H and O–H groups in total. The van der Waals surface area contributed by atoms with Gasteiger partial charge in [-0.1, -0.05) is 5.16 Å². The van der Waals surface area contributed by atoms with Crippen molar-refractivity contribution in [1.82, 2.24) is 15.4 Å². The third-order valence-electron chi connectivity index (χ3n) is 3.85. The third kappa shape index (κ3) is 2.21. The molecule has 2 fully saturated rings. The molecule has 2 saturated heterocycles. The summed E-state index contributed by atoms with van der Waals surface area (Å²) in [4.78, 5) is 24.6. The fourth-order valence-corrected chi connectivity index (χ4v) is 2.93. The maximum absolute atomic E-state index is 11.6. The molecule has 1 aromatic heterocycles. The molecule has 0 saturated carbocycles. The zero-order chi connectivity index (χ0) is 13.4. The number of carbonyl (C=O) groups is 2. The lowest BCUT2D eigenvalue weighted by Gasteiger charge is -2.34.